The van der Waals surface area contributed by atoms with Crippen LogP contribution in [0.4, 0.5) is 0 Å². The molecule has 0 aliphatic carbocycles. The van der Waals surface area contributed by atoms with Crippen LogP contribution in [-0.2, 0) is 13.0 Å². The van der Waals surface area contributed by atoms with Gasteiger partial charge in [-0.15, -0.1) is 0 Å². The van der Waals surface area contributed by atoms with E-state index in [0.717, 1.165) is 51.0 Å². The van der Waals surface area contributed by atoms with Gasteiger partial charge in [0.25, 0.3) is 11.5 Å². The number of rotatable bonds is 6. The van der Waals surface area contributed by atoms with Crippen molar-refractivity contribution in [3.63, 3.8) is 0 Å². The molecular weight excluding hydrogens is 424 g/mol. The van der Waals surface area contributed by atoms with E-state index in [9.17, 15) is 9.59 Å². The lowest BCUT2D eigenvalue weighted by atomic mass is 9.98. The number of carbonyl (C=O) groups excluding carboxylic acids is 1. The number of aromatic nitrogens is 3. The molecular formula is C28H32N4O2. The first-order valence-corrected chi connectivity index (χ1v) is 11.8. The predicted molar refractivity (Wildman–Crippen MR) is 137 cm³/mol. The molecule has 3 heterocycles. The molecule has 0 aliphatic rings. The Bertz CT molecular complexity index is 1430. The number of nitrogens with one attached hydrogen (secondary N) is 2. The van der Waals surface area contributed by atoms with Gasteiger partial charge in [0.2, 0.25) is 0 Å². The number of H-pyrrole nitrogens is 1. The van der Waals surface area contributed by atoms with Crippen molar-refractivity contribution in [1.82, 2.24) is 19.9 Å². The first kappa shape index (κ1) is 23.5. The van der Waals surface area contributed by atoms with E-state index in [1.54, 1.807) is 0 Å². The molecule has 0 unspecified atom stereocenters. The molecule has 6 heteroatoms. The van der Waals surface area contributed by atoms with E-state index < -0.39 is 0 Å². The molecule has 3 aromatic heterocycles. The monoisotopic (exact) mass is 456 g/mol. The van der Waals surface area contributed by atoms with Crippen LogP contribution in [-0.4, -0.2) is 20.4 Å². The number of aromatic amines is 1. The Hall–Kier alpha value is -3.67. The van der Waals surface area contributed by atoms with E-state index in [0.29, 0.717) is 11.1 Å². The van der Waals surface area contributed by atoms with E-state index in [-0.39, 0.29) is 24.1 Å². The number of benzene rings is 1. The highest BCUT2D eigenvalue weighted by Crippen LogP contribution is 2.33. The van der Waals surface area contributed by atoms with Crippen molar-refractivity contribution in [2.75, 3.05) is 0 Å². The maximum absolute atomic E-state index is 13.5. The quantitative estimate of drug-likeness (QED) is 0.408. The van der Waals surface area contributed by atoms with E-state index in [1.807, 2.05) is 58.2 Å². The fraction of sp³-hybridized carbons (Fsp3) is 0.321. The smallest absolute Gasteiger partial charge is 0.253 e. The van der Waals surface area contributed by atoms with Crippen LogP contribution < -0.4 is 10.9 Å². The predicted octanol–water partition coefficient (Wildman–Crippen LogP) is 5.39. The molecule has 6 nitrogen and oxygen atoms in total. The molecule has 0 saturated carbocycles. The van der Waals surface area contributed by atoms with Crippen molar-refractivity contribution >= 4 is 16.8 Å². The van der Waals surface area contributed by atoms with Gasteiger partial charge in [-0.05, 0) is 82.0 Å². The average Bonchev–Trinajstić information content (AvgIpc) is 3.14. The van der Waals surface area contributed by atoms with Crippen LogP contribution in [0.3, 0.4) is 0 Å². The molecule has 0 atom stereocenters. The lowest BCUT2D eigenvalue weighted by Gasteiger charge is -2.14. The van der Waals surface area contributed by atoms with Crippen LogP contribution in [0.15, 0.2) is 47.5 Å². The third-order valence-electron chi connectivity index (χ3n) is 6.34. The largest absolute Gasteiger partial charge is 0.348 e. The molecule has 1 aromatic carbocycles. The van der Waals surface area contributed by atoms with Crippen LogP contribution in [0, 0.1) is 20.8 Å². The minimum Gasteiger partial charge on any atom is -0.348 e. The van der Waals surface area contributed by atoms with E-state index >= 15 is 0 Å². The molecule has 0 fully saturated rings. The zero-order valence-electron chi connectivity index (χ0n) is 20.7. The van der Waals surface area contributed by atoms with Crippen molar-refractivity contribution in [3.8, 4) is 11.1 Å². The molecule has 0 spiro atoms. The fourth-order valence-electron chi connectivity index (χ4n) is 4.56. The van der Waals surface area contributed by atoms with Gasteiger partial charge in [0.05, 0.1) is 0 Å². The number of fused-ring (bicyclic) bond motifs is 1. The lowest BCUT2D eigenvalue weighted by Crippen LogP contribution is -2.28. The minimum absolute atomic E-state index is 0.149. The normalized spacial score (nSPS) is 11.4. The van der Waals surface area contributed by atoms with Gasteiger partial charge < -0.3 is 14.9 Å². The first-order valence-electron chi connectivity index (χ1n) is 11.8. The van der Waals surface area contributed by atoms with Gasteiger partial charge in [-0.1, -0.05) is 13.0 Å². The topological polar surface area (TPSA) is 79.8 Å². The van der Waals surface area contributed by atoms with Gasteiger partial charge in [-0.25, -0.2) is 0 Å². The van der Waals surface area contributed by atoms with Crippen LogP contribution in [0.5, 0.6) is 0 Å². The van der Waals surface area contributed by atoms with E-state index in [4.69, 9.17) is 0 Å². The Kier molecular flexibility index (Phi) is 6.42. The summed E-state index contributed by atoms with van der Waals surface area (Å²) >= 11 is 0. The molecule has 0 bridgehead atoms. The first-order chi connectivity index (χ1) is 16.2. The summed E-state index contributed by atoms with van der Waals surface area (Å²) in [5.41, 5.74) is 7.73. The minimum atomic E-state index is -0.196. The second kappa shape index (κ2) is 9.29. The summed E-state index contributed by atoms with van der Waals surface area (Å²) in [6, 6.07) is 10.3. The summed E-state index contributed by atoms with van der Waals surface area (Å²) in [5.74, 6) is -0.196. The summed E-state index contributed by atoms with van der Waals surface area (Å²) in [6.07, 6.45) is 4.67. The highest BCUT2D eigenvalue weighted by molar-refractivity contribution is 6.09. The number of hydrogen-bond donors (Lipinski definition) is 2. The Labute approximate surface area is 200 Å². The third kappa shape index (κ3) is 4.40. The van der Waals surface area contributed by atoms with Crippen LogP contribution in [0.2, 0.25) is 0 Å². The maximum Gasteiger partial charge on any atom is 0.253 e. The summed E-state index contributed by atoms with van der Waals surface area (Å²) in [7, 11) is 0. The van der Waals surface area contributed by atoms with Gasteiger partial charge in [-0.2, -0.15) is 0 Å². The molecule has 1 amide bonds. The highest BCUT2D eigenvalue weighted by atomic mass is 16.1. The maximum atomic E-state index is 13.5. The van der Waals surface area contributed by atoms with Crippen molar-refractivity contribution in [3.05, 3.63) is 86.7 Å². The summed E-state index contributed by atoms with van der Waals surface area (Å²) in [5, 5.41) is 3.95. The Balaban J connectivity index is 1.80. The lowest BCUT2D eigenvalue weighted by molar-refractivity contribution is 0.0952. The number of aryl methyl sites for hydroxylation is 4. The summed E-state index contributed by atoms with van der Waals surface area (Å²) in [4.78, 5) is 33.4. The van der Waals surface area contributed by atoms with Crippen molar-refractivity contribution in [2.45, 2.75) is 60.5 Å². The van der Waals surface area contributed by atoms with Crippen molar-refractivity contribution in [2.24, 2.45) is 0 Å². The summed E-state index contributed by atoms with van der Waals surface area (Å²) < 4.78 is 2.20. The highest BCUT2D eigenvalue weighted by Gasteiger charge is 2.19. The number of hydrogen-bond acceptors (Lipinski definition) is 3. The molecule has 2 N–H and O–H groups in total. The van der Waals surface area contributed by atoms with Gasteiger partial charge in [0.15, 0.2) is 0 Å². The molecule has 34 heavy (non-hydrogen) atoms. The zero-order valence-corrected chi connectivity index (χ0v) is 20.7. The third-order valence-corrected chi connectivity index (χ3v) is 6.34. The van der Waals surface area contributed by atoms with Gasteiger partial charge in [0, 0.05) is 64.0 Å². The number of amides is 1. The molecule has 0 radical (unpaired) electrons. The van der Waals surface area contributed by atoms with Crippen LogP contribution in [0.25, 0.3) is 22.0 Å². The Morgan fingerprint density at radius 1 is 1.12 bits per heavy atom. The van der Waals surface area contributed by atoms with Gasteiger partial charge in [-0.3, -0.25) is 14.6 Å². The number of carbonyl (C=O) groups is 1. The average molecular weight is 457 g/mol. The number of nitrogens with zero attached hydrogens (tertiary/aromatic N) is 2. The molecule has 4 rings (SSSR count). The zero-order chi connectivity index (χ0) is 24.6. The molecule has 4 aromatic rings. The second-order valence-corrected chi connectivity index (χ2v) is 9.24. The van der Waals surface area contributed by atoms with Crippen molar-refractivity contribution < 1.29 is 4.79 Å². The van der Waals surface area contributed by atoms with Crippen LogP contribution >= 0.6 is 0 Å². The molecule has 0 aliphatic heterocycles. The molecule has 0 saturated heterocycles. The van der Waals surface area contributed by atoms with Gasteiger partial charge in [0.1, 0.15) is 0 Å². The molecule has 176 valence electrons. The van der Waals surface area contributed by atoms with Gasteiger partial charge >= 0.3 is 0 Å². The Morgan fingerprint density at radius 3 is 2.53 bits per heavy atom. The SMILES string of the molecule is CCc1cc(C)[nH]c(=O)c1CNC(=O)c1cc(-c2ccc(C)nc2)cc2c1c(C)cn2C(C)C. The van der Waals surface area contributed by atoms with E-state index in [2.05, 4.69) is 46.0 Å². The Morgan fingerprint density at radius 2 is 1.88 bits per heavy atom. The standard InChI is InChI=1S/C28H32N4O2/c1-7-20-10-19(6)31-28(34)24(20)14-30-27(33)23-11-22(21-9-8-18(5)29-13-21)12-25-26(23)17(4)15-32(25)16(2)3/h8-13,15-16H,7,14H2,1-6H3,(H,30,33)(H,31,34). The van der Waals surface area contributed by atoms with E-state index in [1.165, 1.54) is 0 Å². The van der Waals surface area contributed by atoms with Crippen LogP contribution in [0.1, 0.15) is 65.2 Å². The second-order valence-electron chi connectivity index (χ2n) is 9.24. The number of pyridine rings is 2. The fourth-order valence-corrected chi connectivity index (χ4v) is 4.56. The summed E-state index contributed by atoms with van der Waals surface area (Å²) in [6.45, 7) is 12.3. The van der Waals surface area contributed by atoms with Crippen molar-refractivity contribution in [1.29, 1.82) is 0 Å².